The average molecular weight is 286 g/mol. The summed E-state index contributed by atoms with van der Waals surface area (Å²) in [6.07, 6.45) is 12.2. The number of rotatable bonds is 5. The zero-order chi connectivity index (χ0) is 13.0. The van der Waals surface area contributed by atoms with Gasteiger partial charge in [0.2, 0.25) is 0 Å². The summed E-state index contributed by atoms with van der Waals surface area (Å²) >= 11 is 12.8. The van der Waals surface area contributed by atoms with E-state index in [1.807, 2.05) is 16.8 Å². The van der Waals surface area contributed by atoms with Crippen LogP contribution in [0.3, 0.4) is 0 Å². The maximum absolute atomic E-state index is 6.72. The fourth-order valence-corrected chi connectivity index (χ4v) is 3.16. The lowest BCUT2D eigenvalue weighted by Gasteiger charge is -2.33. The summed E-state index contributed by atoms with van der Waals surface area (Å²) in [4.78, 5) is 3.58. The van der Waals surface area contributed by atoms with Gasteiger partial charge in [0.25, 0.3) is 0 Å². The lowest BCUT2D eigenvalue weighted by Crippen LogP contribution is -2.31. The quantitative estimate of drug-likeness (QED) is 0.772. The third-order valence-corrected chi connectivity index (χ3v) is 4.06. The van der Waals surface area contributed by atoms with Crippen molar-refractivity contribution in [1.82, 2.24) is 14.8 Å². The van der Waals surface area contributed by atoms with Gasteiger partial charge in [-0.1, -0.05) is 31.0 Å². The van der Waals surface area contributed by atoms with E-state index in [0.717, 1.165) is 30.8 Å². The molecule has 0 spiro atoms. The minimum absolute atomic E-state index is 0.283. The Hall–Kier alpha value is -0.800. The molecule has 1 heterocycles. The summed E-state index contributed by atoms with van der Waals surface area (Å²) in [7, 11) is 0. The van der Waals surface area contributed by atoms with E-state index in [1.165, 1.54) is 0 Å². The minimum Gasteiger partial charge on any atom is -0.253 e. The van der Waals surface area contributed by atoms with Crippen LogP contribution in [0.4, 0.5) is 0 Å². The third kappa shape index (κ3) is 3.15. The Labute approximate surface area is 117 Å². The fourth-order valence-electron chi connectivity index (χ4n) is 2.35. The van der Waals surface area contributed by atoms with Crippen LogP contribution >= 0.6 is 23.2 Å². The van der Waals surface area contributed by atoms with Crippen molar-refractivity contribution in [2.24, 2.45) is 5.92 Å². The lowest BCUT2D eigenvalue weighted by molar-refractivity contribution is 0.405. The monoisotopic (exact) mass is 285 g/mol. The van der Waals surface area contributed by atoms with E-state index in [0.29, 0.717) is 0 Å². The van der Waals surface area contributed by atoms with Gasteiger partial charge in [0.05, 0.1) is 4.87 Å². The number of alkyl halides is 1. The van der Waals surface area contributed by atoms with Gasteiger partial charge >= 0.3 is 0 Å². The van der Waals surface area contributed by atoms with Gasteiger partial charge in [0, 0.05) is 17.5 Å². The smallest absolute Gasteiger partial charge is 0.137 e. The van der Waals surface area contributed by atoms with Crippen LogP contribution in [0.15, 0.2) is 35.9 Å². The first-order chi connectivity index (χ1) is 8.64. The van der Waals surface area contributed by atoms with Gasteiger partial charge in [-0.3, -0.25) is 4.68 Å². The average Bonchev–Trinajstić information content (AvgIpc) is 2.81. The van der Waals surface area contributed by atoms with E-state index in [-0.39, 0.29) is 10.8 Å². The summed E-state index contributed by atoms with van der Waals surface area (Å²) in [6.45, 7) is 2.96. The summed E-state index contributed by atoms with van der Waals surface area (Å²) in [5.41, 5.74) is 0. The molecule has 0 saturated heterocycles. The molecule has 0 aliphatic heterocycles. The molecule has 3 nitrogen and oxygen atoms in total. The molecule has 1 unspecified atom stereocenters. The van der Waals surface area contributed by atoms with Crippen molar-refractivity contribution in [3.8, 4) is 0 Å². The topological polar surface area (TPSA) is 30.7 Å². The van der Waals surface area contributed by atoms with Gasteiger partial charge in [-0.25, -0.2) is 4.98 Å². The molecule has 98 valence electrons. The summed E-state index contributed by atoms with van der Waals surface area (Å²) in [5, 5.41) is 4.84. The van der Waals surface area contributed by atoms with Crippen LogP contribution in [-0.2, 0) is 6.54 Å². The Balaban J connectivity index is 2.04. The molecular formula is C13H17Cl2N3. The number of halogens is 2. The minimum atomic E-state index is -0.360. The van der Waals surface area contributed by atoms with Crippen molar-refractivity contribution in [3.63, 3.8) is 0 Å². The van der Waals surface area contributed by atoms with Crippen LogP contribution in [0, 0.1) is 5.92 Å². The molecule has 1 aromatic heterocycles. The molecule has 0 bridgehead atoms. The molecule has 2 rings (SSSR count). The molecule has 0 fully saturated rings. The maximum Gasteiger partial charge on any atom is 0.137 e. The summed E-state index contributed by atoms with van der Waals surface area (Å²) in [6, 6.07) is 0. The van der Waals surface area contributed by atoms with E-state index < -0.39 is 0 Å². The zero-order valence-electron chi connectivity index (χ0n) is 10.4. The Kier molecular flexibility index (Phi) is 4.46. The van der Waals surface area contributed by atoms with E-state index in [9.17, 15) is 0 Å². The zero-order valence-corrected chi connectivity index (χ0v) is 11.9. The second kappa shape index (κ2) is 5.89. The first-order valence-corrected chi connectivity index (χ1v) is 6.97. The number of hydrogen-bond donors (Lipinski definition) is 0. The number of hydrogen-bond acceptors (Lipinski definition) is 2. The van der Waals surface area contributed by atoms with Crippen molar-refractivity contribution in [3.05, 3.63) is 35.9 Å². The molecule has 1 aliphatic rings. The second-order valence-corrected chi connectivity index (χ2v) is 5.76. The van der Waals surface area contributed by atoms with E-state index in [4.69, 9.17) is 23.2 Å². The third-order valence-electron chi connectivity index (χ3n) is 3.25. The molecule has 1 aliphatic carbocycles. The van der Waals surface area contributed by atoms with Crippen molar-refractivity contribution in [1.29, 1.82) is 0 Å². The molecule has 0 aromatic carbocycles. The van der Waals surface area contributed by atoms with E-state index in [2.05, 4.69) is 23.1 Å². The standard InChI is InChI=1S/C13H17Cl2N3/c1-2-6-13(15)8-12(14)4-3-11(13)5-7-18-10-16-9-17-18/h3-4,8-11H,2,5-7H2,1H3/t11-,13?/m0/s1. The molecular weight excluding hydrogens is 269 g/mol. The Morgan fingerprint density at radius 1 is 1.50 bits per heavy atom. The number of aryl methyl sites for hydroxylation is 1. The fraction of sp³-hybridized carbons (Fsp3) is 0.538. The van der Waals surface area contributed by atoms with Crippen molar-refractivity contribution >= 4 is 23.2 Å². The Morgan fingerprint density at radius 3 is 3.00 bits per heavy atom. The highest BCUT2D eigenvalue weighted by Gasteiger charge is 2.34. The molecule has 0 saturated carbocycles. The highest BCUT2D eigenvalue weighted by molar-refractivity contribution is 6.33. The SMILES string of the molecule is CCCC1(Cl)C=C(Cl)C=C[C@H]1CCn1cncn1. The van der Waals surface area contributed by atoms with Crippen LogP contribution in [-0.4, -0.2) is 19.6 Å². The maximum atomic E-state index is 6.72. The van der Waals surface area contributed by atoms with Crippen LogP contribution in [0.25, 0.3) is 0 Å². The van der Waals surface area contributed by atoms with Crippen LogP contribution in [0.5, 0.6) is 0 Å². The molecule has 18 heavy (non-hydrogen) atoms. The number of nitrogens with zero attached hydrogens (tertiary/aromatic N) is 3. The first-order valence-electron chi connectivity index (χ1n) is 6.22. The highest BCUT2D eigenvalue weighted by Crippen LogP contribution is 2.40. The van der Waals surface area contributed by atoms with Crippen molar-refractivity contribution in [2.45, 2.75) is 37.6 Å². The van der Waals surface area contributed by atoms with Gasteiger partial charge in [-0.05, 0) is 25.0 Å². The molecule has 0 N–H and O–H groups in total. The molecule has 5 heteroatoms. The van der Waals surface area contributed by atoms with Gasteiger partial charge in [-0.15, -0.1) is 11.6 Å². The first kappa shape index (κ1) is 13.6. The number of allylic oxidation sites excluding steroid dienone is 4. The highest BCUT2D eigenvalue weighted by atomic mass is 35.5. The second-order valence-electron chi connectivity index (χ2n) is 4.62. The molecule has 2 atom stereocenters. The summed E-state index contributed by atoms with van der Waals surface area (Å²) < 4.78 is 1.83. The van der Waals surface area contributed by atoms with Gasteiger partial charge in [0.1, 0.15) is 12.7 Å². The predicted octanol–water partition coefficient (Wildman–Crippen LogP) is 3.75. The number of aromatic nitrogens is 3. The summed E-state index contributed by atoms with van der Waals surface area (Å²) in [5.74, 6) is 0.283. The normalized spacial score (nSPS) is 27.3. The van der Waals surface area contributed by atoms with E-state index in [1.54, 1.807) is 12.7 Å². The van der Waals surface area contributed by atoms with Crippen molar-refractivity contribution in [2.75, 3.05) is 0 Å². The Morgan fingerprint density at radius 2 is 2.33 bits per heavy atom. The molecule has 1 aromatic rings. The van der Waals surface area contributed by atoms with Crippen LogP contribution in [0.1, 0.15) is 26.2 Å². The van der Waals surface area contributed by atoms with Gasteiger partial charge in [0.15, 0.2) is 0 Å². The van der Waals surface area contributed by atoms with Crippen LogP contribution < -0.4 is 0 Å². The van der Waals surface area contributed by atoms with Crippen molar-refractivity contribution < 1.29 is 0 Å². The Bertz CT molecular complexity index is 439. The van der Waals surface area contributed by atoms with E-state index >= 15 is 0 Å². The van der Waals surface area contributed by atoms with Gasteiger partial charge < -0.3 is 0 Å². The largest absolute Gasteiger partial charge is 0.253 e. The lowest BCUT2D eigenvalue weighted by atomic mass is 9.82. The van der Waals surface area contributed by atoms with Gasteiger partial charge in [-0.2, -0.15) is 5.10 Å². The predicted molar refractivity (Wildman–Crippen MR) is 74.7 cm³/mol. The van der Waals surface area contributed by atoms with Crippen LogP contribution in [0.2, 0.25) is 0 Å². The molecule has 0 radical (unpaired) electrons. The molecule has 0 amide bonds.